The lowest BCUT2D eigenvalue weighted by Crippen LogP contribution is -2.41. The zero-order valence-corrected chi connectivity index (χ0v) is 13.1. The van der Waals surface area contributed by atoms with Crippen molar-refractivity contribution < 1.29 is 14.3 Å². The molecule has 2 amide bonds. The normalized spacial score (nSPS) is 17.2. The van der Waals surface area contributed by atoms with Crippen molar-refractivity contribution in [2.24, 2.45) is 0 Å². The highest BCUT2D eigenvalue weighted by molar-refractivity contribution is 5.94. The Labute approximate surface area is 135 Å². The number of aryl methyl sites for hydroxylation is 1. The van der Waals surface area contributed by atoms with Crippen LogP contribution in [0.1, 0.15) is 16.7 Å². The molecule has 4 heteroatoms. The number of rotatable bonds is 4. The van der Waals surface area contributed by atoms with Crippen molar-refractivity contribution in [2.75, 3.05) is 6.61 Å². The van der Waals surface area contributed by atoms with Gasteiger partial charge >= 0.3 is 6.09 Å². The van der Waals surface area contributed by atoms with Gasteiger partial charge in [-0.05, 0) is 24.5 Å². The van der Waals surface area contributed by atoms with Crippen LogP contribution in [0.4, 0.5) is 4.79 Å². The van der Waals surface area contributed by atoms with E-state index in [1.165, 1.54) is 4.90 Å². The maximum absolute atomic E-state index is 12.5. The predicted octanol–water partition coefficient (Wildman–Crippen LogP) is 3.13. The Morgan fingerprint density at radius 2 is 1.78 bits per heavy atom. The summed E-state index contributed by atoms with van der Waals surface area (Å²) in [5.74, 6) is -0.211. The van der Waals surface area contributed by atoms with Crippen molar-refractivity contribution >= 4 is 12.0 Å². The standard InChI is InChI=1S/C19H19NO3/c1-14-7-9-16(10-8-14)12-18(21)20-17(13-23-19(20)22)11-15-5-3-2-4-6-15/h2-10,17H,11-13H2,1H3. The van der Waals surface area contributed by atoms with Crippen molar-refractivity contribution in [3.8, 4) is 0 Å². The Hall–Kier alpha value is -2.62. The number of nitrogens with zero attached hydrogens (tertiary/aromatic N) is 1. The van der Waals surface area contributed by atoms with Crippen LogP contribution in [-0.4, -0.2) is 29.5 Å². The van der Waals surface area contributed by atoms with Crippen LogP contribution >= 0.6 is 0 Å². The summed E-state index contributed by atoms with van der Waals surface area (Å²) >= 11 is 0. The summed E-state index contributed by atoms with van der Waals surface area (Å²) in [6, 6.07) is 17.4. The first-order valence-electron chi connectivity index (χ1n) is 7.72. The van der Waals surface area contributed by atoms with Gasteiger partial charge in [-0.3, -0.25) is 4.79 Å². The lowest BCUT2D eigenvalue weighted by Gasteiger charge is -2.19. The number of hydrogen-bond acceptors (Lipinski definition) is 3. The molecule has 23 heavy (non-hydrogen) atoms. The molecule has 0 aromatic heterocycles. The molecule has 1 aliphatic heterocycles. The van der Waals surface area contributed by atoms with Crippen molar-refractivity contribution in [3.05, 3.63) is 71.3 Å². The molecular formula is C19H19NO3. The van der Waals surface area contributed by atoms with Gasteiger partial charge in [0.2, 0.25) is 5.91 Å². The summed E-state index contributed by atoms with van der Waals surface area (Å²) in [6.45, 7) is 2.26. The largest absolute Gasteiger partial charge is 0.447 e. The minimum atomic E-state index is -0.539. The van der Waals surface area contributed by atoms with Crippen LogP contribution in [0, 0.1) is 6.92 Å². The fourth-order valence-electron chi connectivity index (χ4n) is 2.77. The molecule has 3 rings (SSSR count). The Morgan fingerprint density at radius 1 is 1.09 bits per heavy atom. The lowest BCUT2D eigenvalue weighted by molar-refractivity contribution is -0.128. The second kappa shape index (κ2) is 6.65. The van der Waals surface area contributed by atoms with Gasteiger partial charge in [0.1, 0.15) is 6.61 Å². The van der Waals surface area contributed by atoms with E-state index in [0.717, 1.165) is 16.7 Å². The van der Waals surface area contributed by atoms with Crippen LogP contribution in [0.25, 0.3) is 0 Å². The van der Waals surface area contributed by atoms with Gasteiger partial charge < -0.3 is 4.74 Å². The van der Waals surface area contributed by atoms with E-state index in [1.807, 2.05) is 61.5 Å². The third-order valence-corrected chi connectivity index (χ3v) is 4.02. The van der Waals surface area contributed by atoms with Gasteiger partial charge in [0, 0.05) is 0 Å². The summed E-state index contributed by atoms with van der Waals surface area (Å²) in [5.41, 5.74) is 3.13. The molecule has 0 radical (unpaired) electrons. The fraction of sp³-hybridized carbons (Fsp3) is 0.263. The summed E-state index contributed by atoms with van der Waals surface area (Å²) in [6.07, 6.45) is 0.287. The molecule has 0 aliphatic carbocycles. The molecule has 4 nitrogen and oxygen atoms in total. The molecule has 118 valence electrons. The summed E-state index contributed by atoms with van der Waals surface area (Å²) in [7, 11) is 0. The van der Waals surface area contributed by atoms with E-state index in [9.17, 15) is 9.59 Å². The molecule has 2 aromatic rings. The Bertz CT molecular complexity index is 694. The molecule has 1 saturated heterocycles. The number of hydrogen-bond donors (Lipinski definition) is 0. The summed E-state index contributed by atoms with van der Waals surface area (Å²) in [4.78, 5) is 25.8. The zero-order chi connectivity index (χ0) is 16.2. The number of carbonyl (C=O) groups excluding carboxylic acids is 2. The van der Waals surface area contributed by atoms with E-state index in [1.54, 1.807) is 0 Å². The van der Waals surface area contributed by atoms with E-state index in [2.05, 4.69) is 0 Å². The second-order valence-corrected chi connectivity index (χ2v) is 5.85. The fourth-order valence-corrected chi connectivity index (χ4v) is 2.77. The molecule has 1 fully saturated rings. The third-order valence-electron chi connectivity index (χ3n) is 4.02. The monoisotopic (exact) mass is 309 g/mol. The van der Waals surface area contributed by atoms with Crippen molar-refractivity contribution in [1.82, 2.24) is 4.90 Å². The molecule has 0 bridgehead atoms. The Kier molecular flexibility index (Phi) is 4.42. The summed E-state index contributed by atoms with van der Waals surface area (Å²) in [5, 5.41) is 0. The first-order valence-corrected chi connectivity index (χ1v) is 7.72. The van der Waals surface area contributed by atoms with E-state index in [4.69, 9.17) is 4.74 Å². The Balaban J connectivity index is 1.71. The molecule has 2 aromatic carbocycles. The topological polar surface area (TPSA) is 46.6 Å². The van der Waals surface area contributed by atoms with E-state index in [-0.39, 0.29) is 25.0 Å². The van der Waals surface area contributed by atoms with E-state index < -0.39 is 6.09 Å². The first kappa shape index (κ1) is 15.3. The van der Waals surface area contributed by atoms with E-state index in [0.29, 0.717) is 6.42 Å². The quantitative estimate of drug-likeness (QED) is 0.871. The smallest absolute Gasteiger partial charge is 0.416 e. The van der Waals surface area contributed by atoms with Crippen LogP contribution in [-0.2, 0) is 22.4 Å². The van der Waals surface area contributed by atoms with Crippen LogP contribution < -0.4 is 0 Å². The van der Waals surface area contributed by atoms with Gasteiger partial charge in [-0.1, -0.05) is 60.2 Å². The molecule has 0 saturated carbocycles. The van der Waals surface area contributed by atoms with Gasteiger partial charge in [0.25, 0.3) is 0 Å². The average molecular weight is 309 g/mol. The van der Waals surface area contributed by atoms with Crippen molar-refractivity contribution in [2.45, 2.75) is 25.8 Å². The van der Waals surface area contributed by atoms with Gasteiger partial charge in [-0.15, -0.1) is 0 Å². The van der Waals surface area contributed by atoms with E-state index >= 15 is 0 Å². The SMILES string of the molecule is Cc1ccc(CC(=O)N2C(=O)OCC2Cc2ccccc2)cc1. The van der Waals surface area contributed by atoms with Gasteiger partial charge in [0.05, 0.1) is 12.5 Å². The number of benzene rings is 2. The number of cyclic esters (lactones) is 1. The van der Waals surface area contributed by atoms with Crippen molar-refractivity contribution in [1.29, 1.82) is 0 Å². The highest BCUT2D eigenvalue weighted by Crippen LogP contribution is 2.19. The third kappa shape index (κ3) is 3.59. The molecule has 0 N–H and O–H groups in total. The molecule has 1 aliphatic rings. The molecule has 1 heterocycles. The molecular weight excluding hydrogens is 290 g/mol. The average Bonchev–Trinajstić information content (AvgIpc) is 2.91. The van der Waals surface area contributed by atoms with Crippen LogP contribution in [0.3, 0.4) is 0 Å². The number of imide groups is 1. The zero-order valence-electron chi connectivity index (χ0n) is 13.1. The second-order valence-electron chi connectivity index (χ2n) is 5.85. The maximum Gasteiger partial charge on any atom is 0.416 e. The lowest BCUT2D eigenvalue weighted by atomic mass is 10.0. The number of carbonyl (C=O) groups is 2. The van der Waals surface area contributed by atoms with Crippen LogP contribution in [0.5, 0.6) is 0 Å². The van der Waals surface area contributed by atoms with Gasteiger partial charge in [-0.25, -0.2) is 9.69 Å². The minimum Gasteiger partial charge on any atom is -0.447 e. The summed E-state index contributed by atoms with van der Waals surface area (Å²) < 4.78 is 5.09. The minimum absolute atomic E-state index is 0.209. The van der Waals surface area contributed by atoms with Crippen LogP contribution in [0.2, 0.25) is 0 Å². The van der Waals surface area contributed by atoms with Crippen molar-refractivity contribution in [3.63, 3.8) is 0 Å². The predicted molar refractivity (Wildman–Crippen MR) is 87.0 cm³/mol. The highest BCUT2D eigenvalue weighted by atomic mass is 16.6. The first-order chi connectivity index (χ1) is 11.1. The Morgan fingerprint density at radius 3 is 2.48 bits per heavy atom. The highest BCUT2D eigenvalue weighted by Gasteiger charge is 2.37. The van der Waals surface area contributed by atoms with Crippen LogP contribution in [0.15, 0.2) is 54.6 Å². The molecule has 1 atom stereocenters. The number of ether oxygens (including phenoxy) is 1. The van der Waals surface area contributed by atoms with Gasteiger partial charge in [0.15, 0.2) is 0 Å². The van der Waals surface area contributed by atoms with Gasteiger partial charge in [-0.2, -0.15) is 0 Å². The molecule has 0 spiro atoms. The molecule has 1 unspecified atom stereocenters. The number of amides is 2. The maximum atomic E-state index is 12.5.